The van der Waals surface area contributed by atoms with Crippen molar-refractivity contribution < 1.29 is 18.9 Å². The summed E-state index contributed by atoms with van der Waals surface area (Å²) in [5, 5.41) is 2.07. The van der Waals surface area contributed by atoms with E-state index >= 15 is 0 Å². The molecular formula is C38H44Cl2N6O4S. The molecular weight excluding hydrogens is 707 g/mol. The largest absolute Gasteiger partial charge is 0.491 e. The van der Waals surface area contributed by atoms with Gasteiger partial charge in [-0.25, -0.2) is 9.98 Å². The van der Waals surface area contributed by atoms with Crippen LogP contribution >= 0.6 is 35.0 Å². The van der Waals surface area contributed by atoms with E-state index in [1.165, 1.54) is 11.4 Å². The summed E-state index contributed by atoms with van der Waals surface area (Å²) in [6.07, 6.45) is 6.09. The van der Waals surface area contributed by atoms with Crippen LogP contribution in [-0.2, 0) is 26.5 Å². The van der Waals surface area contributed by atoms with Crippen molar-refractivity contribution in [2.45, 2.75) is 50.2 Å². The summed E-state index contributed by atoms with van der Waals surface area (Å²) in [4.78, 5) is 16.5. The second-order valence-electron chi connectivity index (χ2n) is 13.0. The molecule has 4 heterocycles. The highest BCUT2D eigenvalue weighted by molar-refractivity contribution is 8.14. The van der Waals surface area contributed by atoms with Gasteiger partial charge in [-0.05, 0) is 67.9 Å². The highest BCUT2D eigenvalue weighted by Crippen LogP contribution is 2.41. The standard InChI is InChI=1S/C38H44Cl2N6O4S/c1-4-27(2)46-22-36(47-3)51-37(46)42-29-6-5-7-31(21-29)45-18-16-44(17-19-45)30-9-11-32(12-10-30)48-23-33-24-49-38(50-33,25-43-15-14-41-26-43)34-13-8-28(39)20-35(34)40/h5-15,20-21,26-27,33,36H,4,16-19,22-25H2,1-3H3. The first kappa shape index (κ1) is 35.9. The van der Waals surface area contributed by atoms with Crippen molar-refractivity contribution in [1.29, 1.82) is 0 Å². The molecule has 0 radical (unpaired) electrons. The number of halogens is 2. The zero-order chi connectivity index (χ0) is 35.4. The Balaban J connectivity index is 0.932. The summed E-state index contributed by atoms with van der Waals surface area (Å²) in [6.45, 7) is 10.1. The lowest BCUT2D eigenvalue weighted by Crippen LogP contribution is -2.46. The van der Waals surface area contributed by atoms with Crippen LogP contribution in [0.3, 0.4) is 0 Å². The summed E-state index contributed by atoms with van der Waals surface area (Å²) < 4.78 is 26.6. The molecule has 10 nitrogen and oxygen atoms in total. The molecule has 0 amide bonds. The molecule has 3 aliphatic rings. The average Bonchev–Trinajstić information content (AvgIpc) is 3.92. The molecule has 4 aromatic rings. The van der Waals surface area contributed by atoms with E-state index in [0.717, 1.165) is 55.7 Å². The second kappa shape index (κ2) is 16.1. The van der Waals surface area contributed by atoms with Gasteiger partial charge in [-0.3, -0.25) is 0 Å². The lowest BCUT2D eigenvalue weighted by molar-refractivity contribution is -0.189. The smallest absolute Gasteiger partial charge is 0.215 e. The van der Waals surface area contributed by atoms with Gasteiger partial charge in [-0.15, -0.1) is 0 Å². The van der Waals surface area contributed by atoms with Crippen LogP contribution in [0.1, 0.15) is 25.8 Å². The SMILES string of the molecule is CCC(C)N1CC(OC)SC1=Nc1cccc(N2CCN(c3ccc(OCC4COC(Cn5ccnc5)(c5ccc(Cl)cc5Cl)O4)cc3)CC2)c1. The van der Waals surface area contributed by atoms with Crippen molar-refractivity contribution in [3.8, 4) is 5.75 Å². The van der Waals surface area contributed by atoms with E-state index in [4.69, 9.17) is 47.1 Å². The summed E-state index contributed by atoms with van der Waals surface area (Å²) in [5.74, 6) is -0.311. The van der Waals surface area contributed by atoms with Gasteiger partial charge in [0.25, 0.3) is 0 Å². The number of nitrogens with zero attached hydrogens (tertiary/aromatic N) is 6. The van der Waals surface area contributed by atoms with E-state index in [1.807, 2.05) is 29.0 Å². The quantitative estimate of drug-likeness (QED) is 0.145. The number of piperazine rings is 1. The third kappa shape index (κ3) is 8.29. The van der Waals surface area contributed by atoms with Crippen LogP contribution in [-0.4, -0.2) is 90.2 Å². The molecule has 51 heavy (non-hydrogen) atoms. The molecule has 0 spiro atoms. The average molecular weight is 752 g/mol. The fourth-order valence-corrected chi connectivity index (χ4v) is 8.34. The maximum atomic E-state index is 6.62. The van der Waals surface area contributed by atoms with Gasteiger partial charge in [0.1, 0.15) is 23.9 Å². The Labute approximate surface area is 314 Å². The minimum atomic E-state index is -1.09. The van der Waals surface area contributed by atoms with Crippen molar-refractivity contribution in [2.24, 2.45) is 4.99 Å². The number of methoxy groups -OCH3 is 1. The molecule has 4 atom stereocenters. The Kier molecular flexibility index (Phi) is 11.3. The van der Waals surface area contributed by atoms with E-state index in [1.54, 1.807) is 43.5 Å². The van der Waals surface area contributed by atoms with Gasteiger partial charge in [-0.1, -0.05) is 54.0 Å². The Morgan fingerprint density at radius 3 is 2.51 bits per heavy atom. The predicted molar refractivity (Wildman–Crippen MR) is 206 cm³/mol. The Hall–Kier alpha value is -3.45. The molecule has 1 aromatic heterocycles. The molecule has 0 bridgehead atoms. The maximum Gasteiger partial charge on any atom is 0.215 e. The summed E-state index contributed by atoms with van der Waals surface area (Å²) in [6, 6.07) is 22.6. The van der Waals surface area contributed by atoms with Gasteiger partial charge in [-0.2, -0.15) is 0 Å². The van der Waals surface area contributed by atoms with E-state index in [-0.39, 0.29) is 11.5 Å². The molecule has 7 rings (SSSR count). The molecule has 0 saturated carbocycles. The number of ether oxygens (including phenoxy) is 4. The van der Waals surface area contributed by atoms with Crippen molar-refractivity contribution in [1.82, 2.24) is 14.5 Å². The second-order valence-corrected chi connectivity index (χ2v) is 15.0. The molecule has 4 unspecified atom stereocenters. The topological polar surface area (TPSA) is 76.8 Å². The zero-order valence-electron chi connectivity index (χ0n) is 29.2. The van der Waals surface area contributed by atoms with Crippen LogP contribution in [0.15, 0.2) is 90.4 Å². The van der Waals surface area contributed by atoms with Crippen LogP contribution < -0.4 is 14.5 Å². The Bertz CT molecular complexity index is 1790. The molecule has 3 aliphatic heterocycles. The third-order valence-electron chi connectivity index (χ3n) is 9.70. The highest BCUT2D eigenvalue weighted by Gasteiger charge is 2.45. The fourth-order valence-electron chi connectivity index (χ4n) is 6.67. The number of hydrogen-bond acceptors (Lipinski definition) is 9. The minimum Gasteiger partial charge on any atom is -0.491 e. The minimum absolute atomic E-state index is 0.116. The molecule has 3 saturated heterocycles. The van der Waals surface area contributed by atoms with Crippen LogP contribution in [0.5, 0.6) is 5.75 Å². The lowest BCUT2D eigenvalue weighted by atomic mass is 10.1. The highest BCUT2D eigenvalue weighted by atomic mass is 35.5. The number of anilines is 2. The van der Waals surface area contributed by atoms with E-state index in [9.17, 15) is 0 Å². The normalized spacial score (nSPS) is 23.7. The number of aliphatic imine (C=N–C) groups is 1. The number of aromatic nitrogens is 2. The number of amidine groups is 1. The molecule has 13 heteroatoms. The predicted octanol–water partition coefficient (Wildman–Crippen LogP) is 7.67. The van der Waals surface area contributed by atoms with E-state index < -0.39 is 5.79 Å². The van der Waals surface area contributed by atoms with E-state index in [0.29, 0.717) is 41.4 Å². The van der Waals surface area contributed by atoms with Gasteiger partial charge in [0.2, 0.25) is 5.79 Å². The van der Waals surface area contributed by atoms with Crippen molar-refractivity contribution in [2.75, 3.05) is 62.8 Å². The third-order valence-corrected chi connectivity index (χ3v) is 11.4. The number of imidazole rings is 1. The summed E-state index contributed by atoms with van der Waals surface area (Å²) in [7, 11) is 1.77. The number of rotatable bonds is 12. The monoisotopic (exact) mass is 750 g/mol. The first-order valence-electron chi connectivity index (χ1n) is 17.4. The number of thioether (sulfide) groups is 1. The van der Waals surface area contributed by atoms with Gasteiger partial charge < -0.3 is 38.2 Å². The maximum absolute atomic E-state index is 6.62. The first-order valence-corrected chi connectivity index (χ1v) is 19.1. The van der Waals surface area contributed by atoms with Gasteiger partial charge in [0.05, 0.1) is 36.7 Å². The van der Waals surface area contributed by atoms with Gasteiger partial charge in [0.15, 0.2) is 5.17 Å². The van der Waals surface area contributed by atoms with Crippen LogP contribution in [0.2, 0.25) is 10.0 Å². The van der Waals surface area contributed by atoms with Crippen LogP contribution in [0.25, 0.3) is 0 Å². The Morgan fingerprint density at radius 2 is 1.80 bits per heavy atom. The molecule has 3 aromatic carbocycles. The molecule has 0 aliphatic carbocycles. The van der Waals surface area contributed by atoms with Crippen LogP contribution in [0.4, 0.5) is 17.1 Å². The molecule has 3 fully saturated rings. The van der Waals surface area contributed by atoms with Crippen molar-refractivity contribution >= 4 is 57.2 Å². The van der Waals surface area contributed by atoms with Gasteiger partial charge >= 0.3 is 0 Å². The summed E-state index contributed by atoms with van der Waals surface area (Å²) >= 11 is 14.5. The van der Waals surface area contributed by atoms with E-state index in [2.05, 4.69) is 69.9 Å². The summed E-state index contributed by atoms with van der Waals surface area (Å²) in [5.41, 5.74) is 4.19. The molecule has 0 N–H and O–H groups in total. The van der Waals surface area contributed by atoms with Crippen molar-refractivity contribution in [3.05, 3.63) is 101 Å². The lowest BCUT2D eigenvalue weighted by Gasteiger charge is -2.37. The van der Waals surface area contributed by atoms with Crippen LogP contribution in [0, 0.1) is 0 Å². The zero-order valence-corrected chi connectivity index (χ0v) is 31.5. The van der Waals surface area contributed by atoms with Gasteiger partial charge in [0, 0.05) is 73.7 Å². The fraction of sp³-hybridized carbons (Fsp3) is 0.421. The number of benzene rings is 3. The number of hydrogen-bond donors (Lipinski definition) is 0. The van der Waals surface area contributed by atoms with Crippen molar-refractivity contribution in [3.63, 3.8) is 0 Å². The Morgan fingerprint density at radius 1 is 1.02 bits per heavy atom. The first-order chi connectivity index (χ1) is 24.8. The molecule has 270 valence electrons.